The van der Waals surface area contributed by atoms with Gasteiger partial charge in [-0.05, 0) is 52.9 Å². The summed E-state index contributed by atoms with van der Waals surface area (Å²) in [6.45, 7) is 1.26. The maximum absolute atomic E-state index is 12.5. The number of fused-ring (bicyclic) bond motifs is 1. The van der Waals surface area contributed by atoms with Crippen LogP contribution < -0.4 is 10.2 Å². The molecule has 1 aliphatic rings. The third-order valence-electron chi connectivity index (χ3n) is 4.52. The molecule has 1 aromatic heterocycles. The number of carbonyl (C=O) groups excluding carboxylic acids is 1. The smallest absolute Gasteiger partial charge is 0.322 e. The van der Waals surface area contributed by atoms with Crippen molar-refractivity contribution in [2.45, 2.75) is 13.0 Å². The van der Waals surface area contributed by atoms with E-state index in [9.17, 15) is 4.79 Å². The summed E-state index contributed by atoms with van der Waals surface area (Å²) in [7, 11) is 0. The van der Waals surface area contributed by atoms with Crippen LogP contribution in [0, 0.1) is 0 Å². The van der Waals surface area contributed by atoms with Crippen molar-refractivity contribution in [3.8, 4) is 11.1 Å². The predicted octanol–water partition coefficient (Wildman–Crippen LogP) is 4.02. The summed E-state index contributed by atoms with van der Waals surface area (Å²) in [5, 5.41) is 3.01. The van der Waals surface area contributed by atoms with E-state index in [-0.39, 0.29) is 6.03 Å². The van der Waals surface area contributed by atoms with Gasteiger partial charge < -0.3 is 5.32 Å². The molecule has 0 radical (unpaired) electrons. The number of nitrogens with zero attached hydrogens (tertiary/aromatic N) is 2. The number of nitrogens with one attached hydrogen (secondary N) is 1. The Morgan fingerprint density at radius 2 is 1.80 bits per heavy atom. The maximum atomic E-state index is 12.5. The van der Waals surface area contributed by atoms with Gasteiger partial charge in [0.15, 0.2) is 0 Å². The molecule has 4 heteroatoms. The Hall–Kier alpha value is -3.14. The summed E-state index contributed by atoms with van der Waals surface area (Å²) in [6.07, 6.45) is 4.48. The normalized spacial score (nSPS) is 12.7. The summed E-state index contributed by atoms with van der Waals surface area (Å²) in [4.78, 5) is 18.4. The lowest BCUT2D eigenvalue weighted by molar-refractivity contribution is 0.246. The maximum Gasteiger partial charge on any atom is 0.322 e. The molecule has 0 aliphatic carbocycles. The van der Waals surface area contributed by atoms with Crippen molar-refractivity contribution in [1.29, 1.82) is 0 Å². The van der Waals surface area contributed by atoms with Crippen molar-refractivity contribution in [1.82, 2.24) is 10.3 Å². The molecule has 3 aromatic rings. The first-order valence-electron chi connectivity index (χ1n) is 8.44. The lowest BCUT2D eigenvalue weighted by Gasteiger charge is -2.18. The van der Waals surface area contributed by atoms with E-state index >= 15 is 0 Å². The van der Waals surface area contributed by atoms with Crippen LogP contribution in [0.1, 0.15) is 11.1 Å². The van der Waals surface area contributed by atoms with E-state index in [1.165, 1.54) is 5.56 Å². The second-order valence-electron chi connectivity index (χ2n) is 6.13. The topological polar surface area (TPSA) is 45.2 Å². The fourth-order valence-electron chi connectivity index (χ4n) is 3.21. The number of amides is 2. The molecule has 2 amide bonds. The number of carbonyl (C=O) groups is 1. The van der Waals surface area contributed by atoms with Gasteiger partial charge >= 0.3 is 6.03 Å². The van der Waals surface area contributed by atoms with Crippen molar-refractivity contribution in [2.75, 3.05) is 11.4 Å². The minimum atomic E-state index is -0.0423. The number of hydrogen-bond donors (Lipinski definition) is 1. The molecular weight excluding hydrogens is 310 g/mol. The van der Waals surface area contributed by atoms with E-state index < -0.39 is 0 Å². The van der Waals surface area contributed by atoms with E-state index in [0.29, 0.717) is 6.54 Å². The number of hydrogen-bond acceptors (Lipinski definition) is 2. The summed E-state index contributed by atoms with van der Waals surface area (Å²) in [6, 6.07) is 20.2. The van der Waals surface area contributed by atoms with Crippen LogP contribution in [-0.4, -0.2) is 17.6 Å². The first-order valence-corrected chi connectivity index (χ1v) is 8.44. The van der Waals surface area contributed by atoms with Crippen LogP contribution in [-0.2, 0) is 13.0 Å². The zero-order chi connectivity index (χ0) is 17.1. The zero-order valence-electron chi connectivity index (χ0n) is 13.9. The van der Waals surface area contributed by atoms with Gasteiger partial charge in [0.25, 0.3) is 0 Å². The van der Waals surface area contributed by atoms with E-state index in [2.05, 4.69) is 22.4 Å². The summed E-state index contributed by atoms with van der Waals surface area (Å²) in [5.41, 5.74) is 5.62. The molecule has 1 aliphatic heterocycles. The molecule has 25 heavy (non-hydrogen) atoms. The largest absolute Gasteiger partial charge is 0.334 e. The number of urea groups is 1. The van der Waals surface area contributed by atoms with E-state index in [0.717, 1.165) is 35.3 Å². The molecule has 0 unspecified atom stereocenters. The number of benzene rings is 2. The fraction of sp³-hybridized carbons (Fsp3) is 0.143. The molecule has 4 nitrogen and oxygen atoms in total. The molecule has 124 valence electrons. The Kier molecular flexibility index (Phi) is 4.17. The number of aromatic nitrogens is 1. The Labute approximate surface area is 147 Å². The minimum Gasteiger partial charge on any atom is -0.334 e. The first-order chi connectivity index (χ1) is 12.3. The number of anilines is 1. The molecule has 0 saturated carbocycles. The average molecular weight is 329 g/mol. The molecule has 0 spiro atoms. The molecule has 2 aromatic carbocycles. The Morgan fingerprint density at radius 3 is 2.60 bits per heavy atom. The van der Waals surface area contributed by atoms with Crippen molar-refractivity contribution in [3.05, 3.63) is 84.2 Å². The third kappa shape index (κ3) is 3.24. The van der Waals surface area contributed by atoms with Gasteiger partial charge in [-0.2, -0.15) is 0 Å². The zero-order valence-corrected chi connectivity index (χ0v) is 13.9. The van der Waals surface area contributed by atoms with Crippen molar-refractivity contribution in [3.63, 3.8) is 0 Å². The predicted molar refractivity (Wildman–Crippen MR) is 99.4 cm³/mol. The van der Waals surface area contributed by atoms with Crippen LogP contribution in [0.15, 0.2) is 73.1 Å². The van der Waals surface area contributed by atoms with Crippen LogP contribution >= 0.6 is 0 Å². The number of rotatable bonds is 3. The monoisotopic (exact) mass is 329 g/mol. The van der Waals surface area contributed by atoms with Gasteiger partial charge in [-0.3, -0.25) is 9.88 Å². The molecule has 2 heterocycles. The summed E-state index contributed by atoms with van der Waals surface area (Å²) in [5.74, 6) is 0. The van der Waals surface area contributed by atoms with Crippen molar-refractivity contribution in [2.24, 2.45) is 0 Å². The highest BCUT2D eigenvalue weighted by atomic mass is 16.2. The van der Waals surface area contributed by atoms with Gasteiger partial charge in [0.1, 0.15) is 0 Å². The Balaban J connectivity index is 1.49. The summed E-state index contributed by atoms with van der Waals surface area (Å²) >= 11 is 0. The highest BCUT2D eigenvalue weighted by molar-refractivity contribution is 5.94. The molecule has 4 rings (SSSR count). The molecule has 0 atom stereocenters. The van der Waals surface area contributed by atoms with Gasteiger partial charge in [0.2, 0.25) is 0 Å². The molecule has 1 N–H and O–H groups in total. The van der Waals surface area contributed by atoms with E-state index in [1.54, 1.807) is 12.4 Å². The van der Waals surface area contributed by atoms with Crippen LogP contribution in [0.4, 0.5) is 10.5 Å². The standard InChI is InChI=1S/C21H19N3O/c25-21(23-15-16-4-2-1-3-5-16)24-13-10-19-14-18(6-7-20(19)24)17-8-11-22-12-9-17/h1-9,11-12,14H,10,13,15H2,(H,23,25). The Bertz CT molecular complexity index is 878. The lowest BCUT2D eigenvalue weighted by atomic mass is 10.0. The number of pyridine rings is 1. The van der Waals surface area contributed by atoms with Gasteiger partial charge in [-0.15, -0.1) is 0 Å². The highest BCUT2D eigenvalue weighted by Crippen LogP contribution is 2.32. The lowest BCUT2D eigenvalue weighted by Crippen LogP contribution is -2.38. The van der Waals surface area contributed by atoms with Crippen LogP contribution in [0.2, 0.25) is 0 Å². The second kappa shape index (κ2) is 6.77. The molecule has 0 saturated heterocycles. The minimum absolute atomic E-state index is 0.0423. The van der Waals surface area contributed by atoms with E-state index in [1.807, 2.05) is 53.4 Å². The van der Waals surface area contributed by atoms with Crippen molar-refractivity contribution >= 4 is 11.7 Å². The van der Waals surface area contributed by atoms with Crippen LogP contribution in [0.25, 0.3) is 11.1 Å². The van der Waals surface area contributed by atoms with Gasteiger partial charge in [0, 0.05) is 31.2 Å². The average Bonchev–Trinajstić information content (AvgIpc) is 3.11. The van der Waals surface area contributed by atoms with Gasteiger partial charge in [-0.25, -0.2) is 4.79 Å². The quantitative estimate of drug-likeness (QED) is 0.789. The van der Waals surface area contributed by atoms with E-state index in [4.69, 9.17) is 0 Å². The fourth-order valence-corrected chi connectivity index (χ4v) is 3.21. The SMILES string of the molecule is O=C(NCc1ccccc1)N1CCc2cc(-c3ccncc3)ccc21. The second-order valence-corrected chi connectivity index (χ2v) is 6.13. The summed E-state index contributed by atoms with van der Waals surface area (Å²) < 4.78 is 0. The van der Waals surface area contributed by atoms with Crippen LogP contribution in [0.3, 0.4) is 0 Å². The Morgan fingerprint density at radius 1 is 1.00 bits per heavy atom. The highest BCUT2D eigenvalue weighted by Gasteiger charge is 2.24. The van der Waals surface area contributed by atoms with Crippen LogP contribution in [0.5, 0.6) is 0 Å². The first kappa shape index (κ1) is 15.4. The van der Waals surface area contributed by atoms with Gasteiger partial charge in [-0.1, -0.05) is 36.4 Å². The molecular formula is C21H19N3O. The molecule has 0 fully saturated rings. The van der Waals surface area contributed by atoms with Gasteiger partial charge in [0.05, 0.1) is 0 Å². The molecule has 0 bridgehead atoms. The van der Waals surface area contributed by atoms with Crippen molar-refractivity contribution < 1.29 is 4.79 Å². The third-order valence-corrected chi connectivity index (χ3v) is 4.52.